The van der Waals surface area contributed by atoms with Gasteiger partial charge in [0.1, 0.15) is 11.8 Å². The summed E-state index contributed by atoms with van der Waals surface area (Å²) in [6.07, 6.45) is 3.27. The number of ether oxygens (including phenoxy) is 1. The van der Waals surface area contributed by atoms with E-state index in [2.05, 4.69) is 17.1 Å². The number of aromatic nitrogens is 2. The van der Waals surface area contributed by atoms with E-state index in [1.165, 1.54) is 0 Å². The molecule has 4 rings (SSSR count). The van der Waals surface area contributed by atoms with Crippen LogP contribution in [0.1, 0.15) is 50.1 Å². The molecule has 0 spiro atoms. The number of hydrogen-bond acceptors (Lipinski definition) is 5. The van der Waals surface area contributed by atoms with Gasteiger partial charge in [-0.15, -0.1) is 0 Å². The fraction of sp³-hybridized carbons (Fsp3) is 0.348. The Bertz CT molecular complexity index is 986. The maximum absolute atomic E-state index is 12.4. The van der Waals surface area contributed by atoms with Gasteiger partial charge in [-0.25, -0.2) is 0 Å². The van der Waals surface area contributed by atoms with Crippen molar-refractivity contribution in [1.82, 2.24) is 15.0 Å². The highest BCUT2D eigenvalue weighted by atomic mass is 35.5. The summed E-state index contributed by atoms with van der Waals surface area (Å²) in [7, 11) is 0. The topological polar surface area (TPSA) is 68.5 Å². The number of benzene rings is 2. The molecule has 1 aromatic heterocycles. The number of rotatable bonds is 8. The molecule has 156 valence electrons. The Morgan fingerprint density at radius 3 is 2.67 bits per heavy atom. The first-order valence-electron chi connectivity index (χ1n) is 10.2. The van der Waals surface area contributed by atoms with Gasteiger partial charge in [-0.2, -0.15) is 4.98 Å². The van der Waals surface area contributed by atoms with Gasteiger partial charge in [0.15, 0.2) is 0 Å². The summed E-state index contributed by atoms with van der Waals surface area (Å²) in [4.78, 5) is 18.8. The van der Waals surface area contributed by atoms with Crippen LogP contribution in [0.4, 0.5) is 0 Å². The third kappa shape index (κ3) is 4.65. The van der Waals surface area contributed by atoms with E-state index in [0.29, 0.717) is 42.7 Å². The average Bonchev–Trinajstić information content (AvgIpc) is 3.38. The third-order valence-electron chi connectivity index (χ3n) is 5.20. The molecular weight excluding hydrogens is 402 g/mol. The van der Waals surface area contributed by atoms with Crippen LogP contribution in [0.5, 0.6) is 5.75 Å². The molecular formula is C23H24ClN3O3. The molecule has 1 aliphatic heterocycles. The maximum atomic E-state index is 12.4. The van der Waals surface area contributed by atoms with Crippen molar-refractivity contribution in [2.24, 2.45) is 0 Å². The lowest BCUT2D eigenvalue weighted by molar-refractivity contribution is -0.129. The van der Waals surface area contributed by atoms with Crippen LogP contribution in [0.25, 0.3) is 11.4 Å². The van der Waals surface area contributed by atoms with Gasteiger partial charge in [0.05, 0.1) is 6.61 Å². The highest BCUT2D eigenvalue weighted by molar-refractivity contribution is 6.30. The second kappa shape index (κ2) is 9.30. The molecule has 1 fully saturated rings. The summed E-state index contributed by atoms with van der Waals surface area (Å²) >= 11 is 5.96. The first-order chi connectivity index (χ1) is 14.6. The largest absolute Gasteiger partial charge is 0.494 e. The summed E-state index contributed by atoms with van der Waals surface area (Å²) in [5.74, 6) is 1.89. The molecule has 0 aliphatic carbocycles. The molecule has 0 N–H and O–H groups in total. The van der Waals surface area contributed by atoms with Gasteiger partial charge in [0, 0.05) is 23.6 Å². The Kier molecular flexibility index (Phi) is 6.33. The zero-order chi connectivity index (χ0) is 20.9. The van der Waals surface area contributed by atoms with Crippen molar-refractivity contribution in [3.05, 3.63) is 65.0 Å². The summed E-state index contributed by atoms with van der Waals surface area (Å²) in [5.41, 5.74) is 1.86. The summed E-state index contributed by atoms with van der Waals surface area (Å²) in [6.45, 7) is 3.33. The molecule has 7 heteroatoms. The number of nitrogens with zero attached hydrogens (tertiary/aromatic N) is 3. The van der Waals surface area contributed by atoms with Crippen molar-refractivity contribution in [1.29, 1.82) is 0 Å². The molecule has 3 aromatic rings. The second-order valence-corrected chi connectivity index (χ2v) is 7.82. The smallest absolute Gasteiger partial charge is 0.249 e. The Hall–Kier alpha value is -2.86. The Labute approximate surface area is 180 Å². The van der Waals surface area contributed by atoms with Gasteiger partial charge >= 0.3 is 0 Å². The van der Waals surface area contributed by atoms with Crippen LogP contribution in [0.2, 0.25) is 5.02 Å². The average molecular weight is 426 g/mol. The van der Waals surface area contributed by atoms with Gasteiger partial charge < -0.3 is 14.2 Å². The molecule has 0 saturated carbocycles. The molecule has 1 aliphatic rings. The molecule has 1 unspecified atom stereocenters. The molecule has 6 nitrogen and oxygen atoms in total. The third-order valence-corrected chi connectivity index (χ3v) is 5.45. The lowest BCUT2D eigenvalue weighted by Gasteiger charge is -2.22. The van der Waals surface area contributed by atoms with E-state index >= 15 is 0 Å². The number of carbonyl (C=O) groups is 1. The Morgan fingerprint density at radius 2 is 1.93 bits per heavy atom. The summed E-state index contributed by atoms with van der Waals surface area (Å²) in [5, 5.41) is 4.80. The van der Waals surface area contributed by atoms with Crippen LogP contribution in [-0.4, -0.2) is 27.6 Å². The molecule has 1 atom stereocenters. The van der Waals surface area contributed by atoms with E-state index in [-0.39, 0.29) is 11.9 Å². The standard InChI is InChI=1S/C23H24ClN3O3/c1-2-3-14-29-19-10-6-17(7-11-19)22-25-23(30-26-22)20-12-13-21(28)27(20)15-16-4-8-18(24)9-5-16/h4-11,20H,2-3,12-15H2,1H3. The van der Waals surface area contributed by atoms with Crippen LogP contribution in [0.15, 0.2) is 53.1 Å². The van der Waals surface area contributed by atoms with Crippen LogP contribution in [0.3, 0.4) is 0 Å². The molecule has 1 amide bonds. The molecule has 1 saturated heterocycles. The van der Waals surface area contributed by atoms with Crippen LogP contribution in [0, 0.1) is 0 Å². The molecule has 30 heavy (non-hydrogen) atoms. The van der Waals surface area contributed by atoms with Gasteiger partial charge in [-0.1, -0.05) is 42.2 Å². The lowest BCUT2D eigenvalue weighted by atomic mass is 10.1. The van der Waals surface area contributed by atoms with Gasteiger partial charge in [-0.05, 0) is 54.8 Å². The van der Waals surface area contributed by atoms with E-state index in [1.807, 2.05) is 48.5 Å². The highest BCUT2D eigenvalue weighted by Gasteiger charge is 2.36. The zero-order valence-electron chi connectivity index (χ0n) is 16.9. The fourth-order valence-corrected chi connectivity index (χ4v) is 3.62. The number of likely N-dealkylation sites (tertiary alicyclic amines) is 1. The van der Waals surface area contributed by atoms with Crippen molar-refractivity contribution < 1.29 is 14.1 Å². The predicted octanol–water partition coefficient (Wildman–Crippen LogP) is 5.43. The minimum absolute atomic E-state index is 0.0864. The first-order valence-corrected chi connectivity index (χ1v) is 10.6. The lowest BCUT2D eigenvalue weighted by Crippen LogP contribution is -2.27. The number of carbonyl (C=O) groups excluding carboxylic acids is 1. The van der Waals surface area contributed by atoms with E-state index < -0.39 is 0 Å². The minimum Gasteiger partial charge on any atom is -0.494 e. The monoisotopic (exact) mass is 425 g/mol. The number of hydrogen-bond donors (Lipinski definition) is 0. The maximum Gasteiger partial charge on any atom is 0.249 e. The Balaban J connectivity index is 1.47. The van der Waals surface area contributed by atoms with Gasteiger partial charge in [-0.3, -0.25) is 4.79 Å². The molecule has 0 radical (unpaired) electrons. The highest BCUT2D eigenvalue weighted by Crippen LogP contribution is 2.34. The van der Waals surface area contributed by atoms with E-state index in [9.17, 15) is 4.79 Å². The second-order valence-electron chi connectivity index (χ2n) is 7.39. The SMILES string of the molecule is CCCCOc1ccc(-c2noc(C3CCC(=O)N3Cc3ccc(Cl)cc3)n2)cc1. The van der Waals surface area contributed by atoms with Gasteiger partial charge in [0.25, 0.3) is 0 Å². The first kappa shape index (κ1) is 20.4. The normalized spacial score (nSPS) is 16.3. The summed E-state index contributed by atoms with van der Waals surface area (Å²) in [6, 6.07) is 14.9. The van der Waals surface area contributed by atoms with Crippen LogP contribution in [-0.2, 0) is 11.3 Å². The summed E-state index contributed by atoms with van der Waals surface area (Å²) < 4.78 is 11.2. The van der Waals surface area contributed by atoms with E-state index in [4.69, 9.17) is 20.9 Å². The van der Waals surface area contributed by atoms with E-state index in [0.717, 1.165) is 29.7 Å². The van der Waals surface area contributed by atoms with Gasteiger partial charge in [0.2, 0.25) is 17.6 Å². The minimum atomic E-state index is -0.217. The fourth-order valence-electron chi connectivity index (χ4n) is 3.50. The zero-order valence-corrected chi connectivity index (χ0v) is 17.6. The quantitative estimate of drug-likeness (QED) is 0.450. The molecule has 0 bridgehead atoms. The van der Waals surface area contributed by atoms with Crippen molar-refractivity contribution in [3.8, 4) is 17.1 Å². The molecule has 2 aromatic carbocycles. The van der Waals surface area contributed by atoms with Crippen LogP contribution >= 0.6 is 11.6 Å². The number of unbranched alkanes of at least 4 members (excludes halogenated alkanes) is 1. The van der Waals surface area contributed by atoms with Crippen molar-refractivity contribution >= 4 is 17.5 Å². The van der Waals surface area contributed by atoms with Crippen LogP contribution < -0.4 is 4.74 Å². The van der Waals surface area contributed by atoms with Crippen molar-refractivity contribution in [3.63, 3.8) is 0 Å². The number of halogens is 1. The van der Waals surface area contributed by atoms with Crippen molar-refractivity contribution in [2.45, 2.75) is 45.2 Å². The number of amides is 1. The van der Waals surface area contributed by atoms with E-state index in [1.54, 1.807) is 4.90 Å². The molecule has 2 heterocycles. The predicted molar refractivity (Wildman–Crippen MR) is 114 cm³/mol. The Morgan fingerprint density at radius 1 is 1.17 bits per heavy atom. The van der Waals surface area contributed by atoms with Crippen molar-refractivity contribution in [2.75, 3.05) is 6.61 Å².